The molecule has 0 aliphatic heterocycles. The number of nitrogens with one attached hydrogen (secondary N) is 2. The van der Waals surface area contributed by atoms with E-state index in [2.05, 4.69) is 10.0 Å². The maximum absolute atomic E-state index is 11.9. The van der Waals surface area contributed by atoms with Gasteiger partial charge in [0.15, 0.2) is 0 Å². The van der Waals surface area contributed by atoms with Crippen molar-refractivity contribution >= 4 is 10.0 Å². The van der Waals surface area contributed by atoms with Crippen LogP contribution in [-0.4, -0.2) is 27.1 Å². The fourth-order valence-electron chi connectivity index (χ4n) is 2.44. The van der Waals surface area contributed by atoms with Gasteiger partial charge in [-0.3, -0.25) is 0 Å². The van der Waals surface area contributed by atoms with Crippen LogP contribution in [-0.2, 0) is 15.6 Å². The Bertz CT molecular complexity index is 774. The zero-order valence-electron chi connectivity index (χ0n) is 14.2. The molecule has 24 heavy (non-hydrogen) atoms. The van der Waals surface area contributed by atoms with E-state index >= 15 is 0 Å². The van der Waals surface area contributed by atoms with E-state index in [0.717, 1.165) is 11.1 Å². The first-order valence-corrected chi connectivity index (χ1v) is 9.29. The minimum atomic E-state index is -3.47. The van der Waals surface area contributed by atoms with Crippen molar-refractivity contribution in [2.24, 2.45) is 0 Å². The standard InChI is InChI=1S/C18H24N2O3S/c1-14(15-8-7-11-17(12-15)24(22,23)19-3)20-13-18(2,21)16-9-5-4-6-10-16/h4-12,14,19-21H,13H2,1-3H3. The molecule has 0 spiro atoms. The van der Waals surface area contributed by atoms with E-state index in [1.165, 1.54) is 7.05 Å². The van der Waals surface area contributed by atoms with Crippen molar-refractivity contribution < 1.29 is 13.5 Å². The molecular weight excluding hydrogens is 324 g/mol. The van der Waals surface area contributed by atoms with Gasteiger partial charge in [0.25, 0.3) is 0 Å². The van der Waals surface area contributed by atoms with E-state index in [1.807, 2.05) is 43.3 Å². The van der Waals surface area contributed by atoms with E-state index in [-0.39, 0.29) is 10.9 Å². The number of rotatable bonds is 7. The molecule has 5 nitrogen and oxygen atoms in total. The molecule has 6 heteroatoms. The van der Waals surface area contributed by atoms with Gasteiger partial charge in [-0.1, -0.05) is 42.5 Å². The minimum Gasteiger partial charge on any atom is -0.384 e. The SMILES string of the molecule is CNS(=O)(=O)c1cccc(C(C)NCC(C)(O)c2ccccc2)c1. The van der Waals surface area contributed by atoms with Crippen molar-refractivity contribution in [3.63, 3.8) is 0 Å². The number of benzene rings is 2. The van der Waals surface area contributed by atoms with E-state index in [0.29, 0.717) is 6.54 Å². The monoisotopic (exact) mass is 348 g/mol. The molecule has 0 radical (unpaired) electrons. The van der Waals surface area contributed by atoms with Crippen LogP contribution in [0.4, 0.5) is 0 Å². The predicted molar refractivity (Wildman–Crippen MR) is 95.1 cm³/mol. The molecule has 0 amide bonds. The van der Waals surface area contributed by atoms with Gasteiger partial charge in [-0.15, -0.1) is 0 Å². The van der Waals surface area contributed by atoms with Gasteiger partial charge in [0.1, 0.15) is 0 Å². The summed E-state index contributed by atoms with van der Waals surface area (Å²) >= 11 is 0. The molecule has 0 saturated carbocycles. The van der Waals surface area contributed by atoms with Gasteiger partial charge in [0.05, 0.1) is 10.5 Å². The Balaban J connectivity index is 2.11. The molecule has 2 aromatic rings. The highest BCUT2D eigenvalue weighted by Gasteiger charge is 2.23. The summed E-state index contributed by atoms with van der Waals surface area (Å²) in [6.07, 6.45) is 0. The Labute approximate surface area is 143 Å². The van der Waals surface area contributed by atoms with Gasteiger partial charge < -0.3 is 10.4 Å². The lowest BCUT2D eigenvalue weighted by molar-refractivity contribution is 0.0543. The Kier molecular flexibility index (Phi) is 5.77. The van der Waals surface area contributed by atoms with Gasteiger partial charge in [-0.2, -0.15) is 0 Å². The van der Waals surface area contributed by atoms with Gasteiger partial charge >= 0.3 is 0 Å². The van der Waals surface area contributed by atoms with Crippen molar-refractivity contribution in [3.8, 4) is 0 Å². The van der Waals surface area contributed by atoms with Crippen LogP contribution in [0, 0.1) is 0 Å². The zero-order valence-corrected chi connectivity index (χ0v) is 15.0. The van der Waals surface area contributed by atoms with Gasteiger partial charge in [0, 0.05) is 12.6 Å². The van der Waals surface area contributed by atoms with Crippen LogP contribution in [0.2, 0.25) is 0 Å². The van der Waals surface area contributed by atoms with E-state index in [4.69, 9.17) is 0 Å². The fraction of sp³-hybridized carbons (Fsp3) is 0.333. The topological polar surface area (TPSA) is 78.4 Å². The van der Waals surface area contributed by atoms with Crippen LogP contribution in [0.15, 0.2) is 59.5 Å². The summed E-state index contributed by atoms with van der Waals surface area (Å²) in [5, 5.41) is 13.9. The molecule has 2 atom stereocenters. The third-order valence-electron chi connectivity index (χ3n) is 4.09. The lowest BCUT2D eigenvalue weighted by Crippen LogP contribution is -2.36. The first kappa shape index (κ1) is 18.6. The average Bonchev–Trinajstić information content (AvgIpc) is 2.60. The highest BCUT2D eigenvalue weighted by atomic mass is 32.2. The number of aliphatic hydroxyl groups is 1. The first-order chi connectivity index (χ1) is 11.3. The third-order valence-corrected chi connectivity index (χ3v) is 5.50. The Morgan fingerprint density at radius 1 is 1.12 bits per heavy atom. The van der Waals surface area contributed by atoms with Crippen LogP contribution < -0.4 is 10.0 Å². The normalized spacial score (nSPS) is 15.7. The second-order valence-electron chi connectivity index (χ2n) is 6.02. The summed E-state index contributed by atoms with van der Waals surface area (Å²) in [5.74, 6) is 0. The highest BCUT2D eigenvalue weighted by Crippen LogP contribution is 2.22. The second-order valence-corrected chi connectivity index (χ2v) is 7.91. The number of hydrogen-bond donors (Lipinski definition) is 3. The Morgan fingerprint density at radius 2 is 1.79 bits per heavy atom. The molecule has 0 saturated heterocycles. The molecule has 2 rings (SSSR count). The molecule has 2 aromatic carbocycles. The van der Waals surface area contributed by atoms with Crippen molar-refractivity contribution in [2.75, 3.05) is 13.6 Å². The van der Waals surface area contributed by atoms with Crippen molar-refractivity contribution in [3.05, 3.63) is 65.7 Å². The average molecular weight is 348 g/mol. The predicted octanol–water partition coefficient (Wildman–Crippen LogP) is 2.15. The number of sulfonamides is 1. The molecule has 0 fully saturated rings. The van der Waals surface area contributed by atoms with Crippen LogP contribution in [0.25, 0.3) is 0 Å². The largest absolute Gasteiger partial charge is 0.384 e. The van der Waals surface area contributed by atoms with E-state index in [1.54, 1.807) is 25.1 Å². The molecule has 2 unspecified atom stereocenters. The third kappa shape index (κ3) is 4.42. The Morgan fingerprint density at radius 3 is 2.42 bits per heavy atom. The van der Waals surface area contributed by atoms with Gasteiger partial charge in [0.2, 0.25) is 10.0 Å². The first-order valence-electron chi connectivity index (χ1n) is 7.81. The maximum atomic E-state index is 11.9. The van der Waals surface area contributed by atoms with Gasteiger partial charge in [-0.05, 0) is 44.2 Å². The smallest absolute Gasteiger partial charge is 0.240 e. The second kappa shape index (κ2) is 7.44. The van der Waals surface area contributed by atoms with Crippen molar-refractivity contribution in [1.29, 1.82) is 0 Å². The van der Waals surface area contributed by atoms with E-state index in [9.17, 15) is 13.5 Å². The molecule has 0 aliphatic carbocycles. The summed E-state index contributed by atoms with van der Waals surface area (Å²) in [6, 6.07) is 16.1. The summed E-state index contributed by atoms with van der Waals surface area (Å²) < 4.78 is 26.1. The minimum absolute atomic E-state index is 0.104. The fourth-order valence-corrected chi connectivity index (χ4v) is 3.22. The molecule has 0 bridgehead atoms. The van der Waals surface area contributed by atoms with Crippen molar-refractivity contribution in [2.45, 2.75) is 30.4 Å². The van der Waals surface area contributed by atoms with Crippen LogP contribution in [0.3, 0.4) is 0 Å². The van der Waals surface area contributed by atoms with Crippen LogP contribution >= 0.6 is 0 Å². The van der Waals surface area contributed by atoms with E-state index < -0.39 is 15.6 Å². The summed E-state index contributed by atoms with van der Waals surface area (Å²) in [7, 11) is -2.08. The lowest BCUT2D eigenvalue weighted by atomic mass is 9.95. The van der Waals surface area contributed by atoms with Crippen molar-refractivity contribution in [1.82, 2.24) is 10.0 Å². The summed E-state index contributed by atoms with van der Waals surface area (Å²) in [5.41, 5.74) is 0.663. The zero-order chi connectivity index (χ0) is 17.8. The molecule has 0 aliphatic rings. The lowest BCUT2D eigenvalue weighted by Gasteiger charge is -2.27. The molecule has 3 N–H and O–H groups in total. The molecule has 0 aromatic heterocycles. The summed E-state index contributed by atoms with van der Waals surface area (Å²) in [4.78, 5) is 0.228. The molecule has 130 valence electrons. The van der Waals surface area contributed by atoms with Gasteiger partial charge in [-0.25, -0.2) is 13.1 Å². The van der Waals surface area contributed by atoms with Crippen LogP contribution in [0.5, 0.6) is 0 Å². The Hall–Kier alpha value is -1.73. The van der Waals surface area contributed by atoms with Crippen LogP contribution in [0.1, 0.15) is 31.0 Å². The molecule has 0 heterocycles. The maximum Gasteiger partial charge on any atom is 0.240 e. The summed E-state index contributed by atoms with van der Waals surface area (Å²) in [6.45, 7) is 4.04. The number of hydrogen-bond acceptors (Lipinski definition) is 4. The molecular formula is C18H24N2O3S. The highest BCUT2D eigenvalue weighted by molar-refractivity contribution is 7.89. The quantitative estimate of drug-likeness (QED) is 0.716.